The van der Waals surface area contributed by atoms with Crippen LogP contribution in [0.3, 0.4) is 0 Å². The molecule has 0 fully saturated rings. The van der Waals surface area contributed by atoms with Gasteiger partial charge in [0.25, 0.3) is 0 Å². The van der Waals surface area contributed by atoms with Gasteiger partial charge in [-0.25, -0.2) is 33.7 Å². The van der Waals surface area contributed by atoms with Gasteiger partial charge in [0.2, 0.25) is 0 Å². The highest BCUT2D eigenvalue weighted by molar-refractivity contribution is 7.95. The van der Waals surface area contributed by atoms with Gasteiger partial charge in [-0.15, -0.1) is 0 Å². The van der Waals surface area contributed by atoms with Crippen molar-refractivity contribution in [1.29, 1.82) is 0 Å². The van der Waals surface area contributed by atoms with Crippen molar-refractivity contribution in [1.82, 2.24) is 0 Å². The van der Waals surface area contributed by atoms with E-state index in [0.717, 1.165) is 11.1 Å². The molecule has 0 aliphatic carbocycles. The molecule has 0 bridgehead atoms. The third kappa shape index (κ3) is 8.72. The van der Waals surface area contributed by atoms with Crippen LogP contribution in [-0.4, -0.2) is 70.9 Å². The van der Waals surface area contributed by atoms with Crippen LogP contribution in [0.2, 0.25) is 0 Å². The largest absolute Gasteiger partial charge is 0.497 e. The SMILES string of the molecule is COc1ccc(S(=O)(=O)CCS(=O)(=O)c2ccc(Cc3ccc(S(=O)(=O)CCS(=O)(=O)c4ccc(OC)cc4)cc3)cc2)cc1. The molecule has 0 heterocycles. The van der Waals surface area contributed by atoms with Crippen molar-refractivity contribution in [3.63, 3.8) is 0 Å². The fraction of sp³-hybridized carbons (Fsp3) is 0.226. The predicted molar refractivity (Wildman–Crippen MR) is 170 cm³/mol. The van der Waals surface area contributed by atoms with Crippen LogP contribution in [0.25, 0.3) is 0 Å². The van der Waals surface area contributed by atoms with Crippen LogP contribution in [0.5, 0.6) is 11.5 Å². The lowest BCUT2D eigenvalue weighted by molar-refractivity contribution is 0.414. The second-order valence-corrected chi connectivity index (χ2v) is 18.5. The number of rotatable bonds is 14. The molecule has 0 unspecified atom stereocenters. The highest BCUT2D eigenvalue weighted by Gasteiger charge is 2.23. The van der Waals surface area contributed by atoms with Gasteiger partial charge < -0.3 is 9.47 Å². The number of methoxy groups -OCH3 is 2. The minimum Gasteiger partial charge on any atom is -0.497 e. The van der Waals surface area contributed by atoms with Gasteiger partial charge in [0, 0.05) is 0 Å². The summed E-state index contributed by atoms with van der Waals surface area (Å²) >= 11 is 0. The molecule has 0 aliphatic heterocycles. The molecule has 0 saturated heterocycles. The first kappa shape index (κ1) is 34.2. The van der Waals surface area contributed by atoms with Gasteiger partial charge in [-0.3, -0.25) is 0 Å². The van der Waals surface area contributed by atoms with Gasteiger partial charge in [0.15, 0.2) is 39.3 Å². The molecule has 0 amide bonds. The van der Waals surface area contributed by atoms with E-state index < -0.39 is 62.4 Å². The van der Waals surface area contributed by atoms with Gasteiger partial charge in [0.1, 0.15) is 11.5 Å². The van der Waals surface area contributed by atoms with Crippen molar-refractivity contribution in [3.8, 4) is 11.5 Å². The van der Waals surface area contributed by atoms with Crippen molar-refractivity contribution in [2.75, 3.05) is 37.2 Å². The van der Waals surface area contributed by atoms with Crippen molar-refractivity contribution in [2.24, 2.45) is 0 Å². The summed E-state index contributed by atoms with van der Waals surface area (Å²) in [6.07, 6.45) is 0.373. The molecule has 4 aromatic carbocycles. The Kier molecular flexibility index (Phi) is 10.4. The van der Waals surface area contributed by atoms with Gasteiger partial charge in [-0.05, 0) is 90.3 Å². The van der Waals surface area contributed by atoms with Crippen LogP contribution in [0, 0.1) is 0 Å². The van der Waals surface area contributed by atoms with Crippen LogP contribution < -0.4 is 9.47 Å². The Labute approximate surface area is 264 Å². The van der Waals surface area contributed by atoms with Gasteiger partial charge in [-0.2, -0.15) is 0 Å². The third-order valence-corrected chi connectivity index (χ3v) is 14.5. The molecule has 0 aromatic heterocycles. The fourth-order valence-corrected chi connectivity index (χ4v) is 11.0. The summed E-state index contributed by atoms with van der Waals surface area (Å²) in [5.41, 5.74) is 1.50. The van der Waals surface area contributed by atoms with Crippen LogP contribution >= 0.6 is 0 Å². The molecule has 10 nitrogen and oxygen atoms in total. The smallest absolute Gasteiger partial charge is 0.179 e. The molecule has 0 atom stereocenters. The van der Waals surface area contributed by atoms with Crippen LogP contribution in [0.1, 0.15) is 11.1 Å². The summed E-state index contributed by atoms with van der Waals surface area (Å²) in [4.78, 5) is -0.0121. The second kappa shape index (κ2) is 13.7. The number of hydrogen-bond donors (Lipinski definition) is 0. The van der Waals surface area contributed by atoms with Crippen molar-refractivity contribution >= 4 is 39.3 Å². The first-order valence-corrected chi connectivity index (χ1v) is 20.1. The summed E-state index contributed by atoms with van der Waals surface area (Å²) in [6.45, 7) is 0. The monoisotopic (exact) mass is 692 g/mol. The Morgan fingerprint density at radius 2 is 0.600 bits per heavy atom. The van der Waals surface area contributed by atoms with Gasteiger partial charge >= 0.3 is 0 Å². The van der Waals surface area contributed by atoms with Crippen LogP contribution in [-0.2, 0) is 45.8 Å². The topological polar surface area (TPSA) is 155 Å². The minimum atomic E-state index is -3.88. The zero-order chi connectivity index (χ0) is 32.9. The highest BCUT2D eigenvalue weighted by Crippen LogP contribution is 2.22. The molecular weight excluding hydrogens is 661 g/mol. The molecule has 0 saturated carbocycles. The van der Waals surface area contributed by atoms with E-state index in [9.17, 15) is 33.7 Å². The molecule has 4 rings (SSSR count). The summed E-state index contributed by atoms with van der Waals surface area (Å²) in [7, 11) is -12.5. The molecule has 0 N–H and O–H groups in total. The Hall–Kier alpha value is -3.72. The fourth-order valence-electron chi connectivity index (χ4n) is 4.34. The molecule has 14 heteroatoms. The number of benzene rings is 4. The summed E-state index contributed by atoms with van der Waals surface area (Å²) < 4.78 is 112. The van der Waals surface area contributed by atoms with E-state index in [2.05, 4.69) is 0 Å². The first-order valence-electron chi connectivity index (χ1n) is 13.5. The summed E-state index contributed by atoms with van der Waals surface area (Å²) in [5.74, 6) is -1.36. The molecule has 0 spiro atoms. The molecule has 0 aliphatic rings. The predicted octanol–water partition coefficient (Wildman–Crippen LogP) is 3.79. The number of ether oxygens (including phenoxy) is 2. The quantitative estimate of drug-likeness (QED) is 0.191. The molecular formula is C31H32O10S4. The third-order valence-electron chi connectivity index (χ3n) is 7.05. The maximum atomic E-state index is 12.8. The molecule has 45 heavy (non-hydrogen) atoms. The van der Waals surface area contributed by atoms with E-state index >= 15 is 0 Å². The van der Waals surface area contributed by atoms with Crippen molar-refractivity contribution in [2.45, 2.75) is 26.0 Å². The van der Waals surface area contributed by atoms with E-state index in [0.29, 0.717) is 17.9 Å². The Morgan fingerprint density at radius 3 is 0.822 bits per heavy atom. The maximum Gasteiger partial charge on any atom is 0.179 e. The van der Waals surface area contributed by atoms with E-state index in [-0.39, 0.29) is 19.6 Å². The first-order chi connectivity index (χ1) is 21.1. The lowest BCUT2D eigenvalue weighted by Gasteiger charge is -2.09. The lowest BCUT2D eigenvalue weighted by atomic mass is 10.1. The Balaban J connectivity index is 1.35. The van der Waals surface area contributed by atoms with E-state index in [1.807, 2.05) is 0 Å². The molecule has 4 aromatic rings. The lowest BCUT2D eigenvalue weighted by Crippen LogP contribution is -2.17. The molecule has 240 valence electrons. The van der Waals surface area contributed by atoms with Gasteiger partial charge in [-0.1, -0.05) is 24.3 Å². The standard InChI is InChI=1S/C31H32O10S4/c1-40-26-7-15-30(16-8-26)44(36,37)21-19-42(32,33)28-11-3-24(4-12-28)23-25-5-13-29(14-6-25)43(34,35)20-22-45(38,39)31-17-9-27(41-2)10-18-31/h3-18H,19-23H2,1-2H3. The van der Waals surface area contributed by atoms with Crippen LogP contribution in [0.4, 0.5) is 0 Å². The Morgan fingerprint density at radius 1 is 0.378 bits per heavy atom. The Bertz CT molecular complexity index is 1900. The average Bonchev–Trinajstić information content (AvgIpc) is 3.04. The zero-order valence-corrected chi connectivity index (χ0v) is 27.8. The van der Waals surface area contributed by atoms with Crippen molar-refractivity contribution < 1.29 is 43.1 Å². The van der Waals surface area contributed by atoms with E-state index in [1.54, 1.807) is 24.3 Å². The number of hydrogen-bond acceptors (Lipinski definition) is 10. The normalized spacial score (nSPS) is 12.5. The van der Waals surface area contributed by atoms with Crippen molar-refractivity contribution in [3.05, 3.63) is 108 Å². The summed E-state index contributed by atoms with van der Waals surface area (Å²) in [6, 6.07) is 23.5. The number of sulfone groups is 4. The zero-order valence-electron chi connectivity index (χ0n) is 24.5. The molecule has 0 radical (unpaired) electrons. The van der Waals surface area contributed by atoms with E-state index in [4.69, 9.17) is 9.47 Å². The van der Waals surface area contributed by atoms with E-state index in [1.165, 1.54) is 87.0 Å². The minimum absolute atomic E-state index is 0.00580. The second-order valence-electron chi connectivity index (χ2n) is 10.1. The highest BCUT2D eigenvalue weighted by atomic mass is 32.2. The van der Waals surface area contributed by atoms with Gasteiger partial charge in [0.05, 0.1) is 56.8 Å². The summed E-state index contributed by atoms with van der Waals surface area (Å²) in [5, 5.41) is 0. The maximum absolute atomic E-state index is 12.8. The average molecular weight is 693 g/mol. The van der Waals surface area contributed by atoms with Crippen LogP contribution in [0.15, 0.2) is 117 Å².